The highest BCUT2D eigenvalue weighted by Crippen LogP contribution is 2.58. The van der Waals surface area contributed by atoms with Crippen molar-refractivity contribution < 1.29 is 14.3 Å². The van der Waals surface area contributed by atoms with Crippen LogP contribution in [0.5, 0.6) is 0 Å². The fourth-order valence-corrected chi connectivity index (χ4v) is 5.81. The number of H-pyrrole nitrogens is 1. The van der Waals surface area contributed by atoms with Gasteiger partial charge in [0.25, 0.3) is 0 Å². The first-order valence-corrected chi connectivity index (χ1v) is 13.7. The fraction of sp³-hybridized carbons (Fsp3) is 0.344. The van der Waals surface area contributed by atoms with Crippen molar-refractivity contribution in [2.45, 2.75) is 45.2 Å². The quantitative estimate of drug-likeness (QED) is 0.310. The molecule has 0 bridgehead atoms. The van der Waals surface area contributed by atoms with E-state index >= 15 is 0 Å². The first kappa shape index (κ1) is 25.2. The molecular formula is C32H34N4O3. The summed E-state index contributed by atoms with van der Waals surface area (Å²) in [4.78, 5) is 35.8. The van der Waals surface area contributed by atoms with E-state index in [4.69, 9.17) is 9.72 Å². The molecule has 4 aromatic rings. The van der Waals surface area contributed by atoms with Crippen molar-refractivity contribution in [1.82, 2.24) is 20.2 Å². The van der Waals surface area contributed by atoms with Crippen LogP contribution >= 0.6 is 0 Å². The number of imidazole rings is 1. The highest BCUT2D eigenvalue weighted by atomic mass is 16.5. The Labute approximate surface area is 228 Å². The van der Waals surface area contributed by atoms with Gasteiger partial charge in [-0.3, -0.25) is 4.79 Å². The van der Waals surface area contributed by atoms with Gasteiger partial charge in [0, 0.05) is 6.54 Å². The van der Waals surface area contributed by atoms with Gasteiger partial charge in [-0.15, -0.1) is 0 Å². The van der Waals surface area contributed by atoms with Crippen LogP contribution < -0.4 is 5.32 Å². The van der Waals surface area contributed by atoms with Gasteiger partial charge in [0.2, 0.25) is 5.91 Å². The number of hydrogen-bond acceptors (Lipinski definition) is 4. The van der Waals surface area contributed by atoms with E-state index in [2.05, 4.69) is 77.0 Å². The van der Waals surface area contributed by atoms with Crippen LogP contribution in [-0.4, -0.2) is 46.6 Å². The molecule has 6 rings (SSSR count). The van der Waals surface area contributed by atoms with Gasteiger partial charge >= 0.3 is 6.09 Å². The van der Waals surface area contributed by atoms with Crippen LogP contribution in [0.25, 0.3) is 33.2 Å². The molecular weight excluding hydrogens is 488 g/mol. The zero-order chi connectivity index (χ0) is 27.1. The largest absolute Gasteiger partial charge is 0.453 e. The molecule has 200 valence electrons. The number of methoxy groups -OCH3 is 1. The van der Waals surface area contributed by atoms with Crippen LogP contribution in [0.1, 0.15) is 45.0 Å². The maximum atomic E-state index is 13.7. The van der Waals surface area contributed by atoms with Crippen LogP contribution in [-0.2, 0) is 9.53 Å². The zero-order valence-corrected chi connectivity index (χ0v) is 22.6. The number of carbonyl (C=O) groups is 2. The summed E-state index contributed by atoms with van der Waals surface area (Å²) in [5, 5.41) is 5.20. The maximum Gasteiger partial charge on any atom is 0.407 e. The monoisotopic (exact) mass is 522 g/mol. The number of rotatable bonds is 6. The topological polar surface area (TPSA) is 87.3 Å². The Morgan fingerprint density at radius 1 is 1.00 bits per heavy atom. The predicted molar refractivity (Wildman–Crippen MR) is 152 cm³/mol. The van der Waals surface area contributed by atoms with Crippen molar-refractivity contribution in [1.29, 1.82) is 0 Å². The second-order valence-electron chi connectivity index (χ2n) is 11.4. The zero-order valence-electron chi connectivity index (χ0n) is 22.6. The minimum Gasteiger partial charge on any atom is -0.453 e. The van der Waals surface area contributed by atoms with Crippen LogP contribution in [0.2, 0.25) is 0 Å². The lowest BCUT2D eigenvalue weighted by molar-refractivity contribution is -0.135. The number of carbonyl (C=O) groups excluding carboxylic acids is 2. The maximum absolute atomic E-state index is 13.7. The summed E-state index contributed by atoms with van der Waals surface area (Å²) in [6, 6.07) is 22.6. The van der Waals surface area contributed by atoms with Crippen molar-refractivity contribution in [2.24, 2.45) is 11.3 Å². The lowest BCUT2D eigenvalue weighted by Crippen LogP contribution is -2.51. The van der Waals surface area contributed by atoms with Crippen molar-refractivity contribution >= 4 is 22.8 Å². The molecule has 1 saturated carbocycles. The number of likely N-dealkylation sites (tertiary alicyclic amines) is 1. The molecule has 2 N–H and O–H groups in total. The van der Waals surface area contributed by atoms with Gasteiger partial charge in [0.15, 0.2) is 0 Å². The molecule has 1 aromatic heterocycles. The first-order chi connectivity index (χ1) is 18.9. The van der Waals surface area contributed by atoms with Gasteiger partial charge in [0.05, 0.1) is 25.0 Å². The molecule has 39 heavy (non-hydrogen) atoms. The lowest BCUT2D eigenvalue weighted by atomic mass is 10.00. The second kappa shape index (κ2) is 9.88. The number of nitrogens with zero attached hydrogens (tertiary/aromatic N) is 2. The fourth-order valence-electron chi connectivity index (χ4n) is 5.81. The average molecular weight is 523 g/mol. The molecule has 7 nitrogen and oxygen atoms in total. The van der Waals surface area contributed by atoms with Crippen molar-refractivity contribution in [2.75, 3.05) is 13.7 Å². The predicted octanol–water partition coefficient (Wildman–Crippen LogP) is 6.33. The Hall–Kier alpha value is -4.13. The van der Waals surface area contributed by atoms with Gasteiger partial charge in [-0.2, -0.15) is 0 Å². The summed E-state index contributed by atoms with van der Waals surface area (Å²) in [7, 11) is 1.31. The van der Waals surface area contributed by atoms with Gasteiger partial charge in [-0.1, -0.05) is 74.5 Å². The summed E-state index contributed by atoms with van der Waals surface area (Å²) >= 11 is 0. The van der Waals surface area contributed by atoms with E-state index in [-0.39, 0.29) is 23.3 Å². The summed E-state index contributed by atoms with van der Waals surface area (Å²) in [6.45, 7) is 4.56. The van der Waals surface area contributed by atoms with Gasteiger partial charge in [0.1, 0.15) is 11.9 Å². The number of fused-ring (bicyclic) bond motifs is 1. The van der Waals surface area contributed by atoms with Crippen LogP contribution in [0.3, 0.4) is 0 Å². The number of nitrogens with one attached hydrogen (secondary N) is 2. The number of alkyl carbamates (subject to hydrolysis) is 1. The van der Waals surface area contributed by atoms with Gasteiger partial charge in [-0.25, -0.2) is 9.78 Å². The van der Waals surface area contributed by atoms with Crippen LogP contribution in [0.4, 0.5) is 4.79 Å². The highest BCUT2D eigenvalue weighted by molar-refractivity contribution is 5.88. The van der Waals surface area contributed by atoms with Crippen LogP contribution in [0, 0.1) is 11.3 Å². The van der Waals surface area contributed by atoms with Crippen molar-refractivity contribution in [3.63, 3.8) is 0 Å². The third kappa shape index (κ3) is 4.89. The minimum absolute atomic E-state index is 0.0683. The Morgan fingerprint density at radius 2 is 1.69 bits per heavy atom. The Balaban J connectivity index is 1.23. The average Bonchev–Trinajstić information content (AvgIpc) is 3.36. The van der Waals surface area contributed by atoms with E-state index in [9.17, 15) is 9.59 Å². The Morgan fingerprint density at radius 3 is 2.38 bits per heavy atom. The van der Waals surface area contributed by atoms with E-state index in [0.717, 1.165) is 41.9 Å². The molecule has 1 aliphatic carbocycles. The lowest BCUT2D eigenvalue weighted by Gasteiger charge is -2.30. The Bertz CT molecular complexity index is 1520. The molecule has 1 spiro atoms. The normalized spacial score (nSPS) is 18.5. The van der Waals surface area contributed by atoms with E-state index in [1.54, 1.807) is 0 Å². The molecule has 2 aliphatic rings. The SMILES string of the molecule is COC(=O)NC(C(=O)N1CC2(CC2)CC1c1ncc(-c2ccc(-c3ccc4ccccc4c3)cc2)[nH]1)C(C)C. The summed E-state index contributed by atoms with van der Waals surface area (Å²) < 4.78 is 4.78. The highest BCUT2D eigenvalue weighted by Gasteiger charge is 2.55. The molecule has 7 heteroatoms. The van der Waals surface area contributed by atoms with Crippen molar-refractivity contribution in [3.05, 3.63) is 78.8 Å². The second-order valence-corrected chi connectivity index (χ2v) is 11.4. The number of ether oxygens (including phenoxy) is 1. The number of benzene rings is 3. The minimum atomic E-state index is -0.647. The molecule has 0 radical (unpaired) electrons. The molecule has 1 saturated heterocycles. The summed E-state index contributed by atoms with van der Waals surface area (Å²) in [6.07, 6.45) is 4.39. The van der Waals surface area contributed by atoms with E-state index < -0.39 is 12.1 Å². The van der Waals surface area contributed by atoms with E-state index in [0.29, 0.717) is 6.54 Å². The molecule has 3 aromatic carbocycles. The number of aromatic amines is 1. The molecule has 1 aliphatic heterocycles. The molecule has 2 fully saturated rings. The van der Waals surface area contributed by atoms with E-state index in [1.165, 1.54) is 23.4 Å². The smallest absolute Gasteiger partial charge is 0.407 e. The number of hydrogen-bond donors (Lipinski definition) is 2. The number of aromatic nitrogens is 2. The van der Waals surface area contributed by atoms with E-state index in [1.807, 2.05) is 24.9 Å². The van der Waals surface area contributed by atoms with Crippen LogP contribution in [0.15, 0.2) is 72.9 Å². The van der Waals surface area contributed by atoms with Gasteiger partial charge < -0.3 is 19.9 Å². The number of amides is 2. The third-order valence-electron chi connectivity index (χ3n) is 8.33. The van der Waals surface area contributed by atoms with Gasteiger partial charge in [-0.05, 0) is 64.1 Å². The summed E-state index contributed by atoms with van der Waals surface area (Å²) in [5.41, 5.74) is 4.47. The molecule has 2 unspecified atom stereocenters. The third-order valence-corrected chi connectivity index (χ3v) is 8.33. The standard InChI is InChI=1S/C32H34N4O3/c1-20(2)28(35-31(38)39-3)30(37)36-19-32(14-15-32)17-27(36)29-33-18-26(34-29)23-11-8-22(9-12-23)25-13-10-21-6-4-5-7-24(21)16-25/h4-13,16,18,20,27-28H,14-15,17,19H2,1-3H3,(H,33,34)(H,35,38). The van der Waals surface area contributed by atoms with Crippen molar-refractivity contribution in [3.8, 4) is 22.4 Å². The summed E-state index contributed by atoms with van der Waals surface area (Å²) in [5.74, 6) is 0.643. The Kier molecular flexibility index (Phi) is 6.37. The molecule has 2 amide bonds. The molecule has 2 heterocycles. The molecule has 2 atom stereocenters. The first-order valence-electron chi connectivity index (χ1n) is 13.7.